The summed E-state index contributed by atoms with van der Waals surface area (Å²) in [5.41, 5.74) is 2.60. The Hall–Kier alpha value is 0.200. The second kappa shape index (κ2) is 2.66. The molecule has 0 saturated carbocycles. The third kappa shape index (κ3) is 1.34. The van der Waals surface area contributed by atoms with Gasteiger partial charge in [-0.05, 0) is 0 Å². The molecule has 2 nitrogen and oxygen atoms in total. The topological polar surface area (TPSA) is 21.3 Å². The van der Waals surface area contributed by atoms with Gasteiger partial charge in [0.15, 0.2) is 0 Å². The van der Waals surface area contributed by atoms with E-state index in [2.05, 4.69) is 18.1 Å². The molecule has 1 fully saturated rings. The van der Waals surface area contributed by atoms with E-state index in [1.54, 1.807) is 0 Å². The molecule has 4 heteroatoms. The Morgan fingerprint density at radius 3 is 3.00 bits per heavy atom. The van der Waals surface area contributed by atoms with E-state index in [4.69, 9.17) is 17.1 Å². The summed E-state index contributed by atoms with van der Waals surface area (Å²) in [6, 6.07) is 0. The van der Waals surface area contributed by atoms with Gasteiger partial charge in [-0.3, -0.25) is 10.3 Å². The molecular weight excluding hydrogens is 142 g/mol. The van der Waals surface area contributed by atoms with E-state index in [9.17, 15) is 0 Å². The SMILES string of the molecule is S=C1CC(CS)ON1. The van der Waals surface area contributed by atoms with Crippen molar-refractivity contribution in [1.29, 1.82) is 0 Å². The van der Waals surface area contributed by atoms with Crippen LogP contribution >= 0.6 is 24.8 Å². The first-order valence-electron chi connectivity index (χ1n) is 2.38. The summed E-state index contributed by atoms with van der Waals surface area (Å²) in [4.78, 5) is 5.73. The lowest BCUT2D eigenvalue weighted by molar-refractivity contribution is 0.0611. The van der Waals surface area contributed by atoms with Crippen molar-refractivity contribution in [2.24, 2.45) is 0 Å². The number of thiocarbonyl (C=S) groups is 1. The quantitative estimate of drug-likeness (QED) is 0.419. The average Bonchev–Trinajstić information content (AvgIpc) is 2.14. The molecule has 0 aromatic heterocycles. The van der Waals surface area contributed by atoms with Crippen LogP contribution in [-0.4, -0.2) is 16.8 Å². The smallest absolute Gasteiger partial charge is 0.103 e. The Bertz CT molecular complexity index is 106. The van der Waals surface area contributed by atoms with E-state index in [0.29, 0.717) is 0 Å². The Kier molecular flexibility index (Phi) is 2.10. The van der Waals surface area contributed by atoms with Crippen molar-refractivity contribution in [3.05, 3.63) is 0 Å². The first-order chi connectivity index (χ1) is 3.83. The molecule has 1 unspecified atom stereocenters. The number of hydroxylamine groups is 1. The summed E-state index contributed by atoms with van der Waals surface area (Å²) in [5.74, 6) is 0.729. The molecule has 0 amide bonds. The van der Waals surface area contributed by atoms with E-state index in [1.165, 1.54) is 0 Å². The lowest BCUT2D eigenvalue weighted by Crippen LogP contribution is -2.11. The number of hydrogen-bond donors (Lipinski definition) is 2. The highest BCUT2D eigenvalue weighted by Gasteiger charge is 2.17. The van der Waals surface area contributed by atoms with E-state index < -0.39 is 0 Å². The van der Waals surface area contributed by atoms with Gasteiger partial charge in [-0.15, -0.1) is 0 Å². The molecule has 46 valence electrons. The van der Waals surface area contributed by atoms with Crippen LogP contribution in [0.5, 0.6) is 0 Å². The molecule has 1 heterocycles. The standard InChI is InChI=1S/C4H7NOS2/c7-2-3-1-4(8)5-6-3/h3,7H,1-2H2,(H,5,8). The van der Waals surface area contributed by atoms with Crippen LogP contribution in [0.25, 0.3) is 0 Å². The molecule has 0 aromatic carbocycles. The molecule has 1 rings (SSSR count). The van der Waals surface area contributed by atoms with E-state index in [1.807, 2.05) is 0 Å². The largest absolute Gasteiger partial charge is 0.271 e. The third-order valence-electron chi connectivity index (χ3n) is 0.956. The maximum absolute atomic E-state index is 4.95. The van der Waals surface area contributed by atoms with Crippen LogP contribution in [0, 0.1) is 0 Å². The van der Waals surface area contributed by atoms with Crippen LogP contribution in [0.4, 0.5) is 0 Å². The van der Waals surface area contributed by atoms with Crippen LogP contribution in [0.15, 0.2) is 0 Å². The van der Waals surface area contributed by atoms with Crippen molar-refractivity contribution in [2.75, 3.05) is 5.75 Å². The van der Waals surface area contributed by atoms with Gasteiger partial charge in [0.1, 0.15) is 11.1 Å². The summed E-state index contributed by atoms with van der Waals surface area (Å²) in [7, 11) is 0. The summed E-state index contributed by atoms with van der Waals surface area (Å²) < 4.78 is 0. The Balaban J connectivity index is 2.32. The fourth-order valence-electron chi connectivity index (χ4n) is 0.541. The first kappa shape index (κ1) is 6.32. The van der Waals surface area contributed by atoms with Gasteiger partial charge in [0.05, 0.1) is 0 Å². The molecule has 1 saturated heterocycles. The fourth-order valence-corrected chi connectivity index (χ4v) is 0.979. The van der Waals surface area contributed by atoms with Gasteiger partial charge in [-0.2, -0.15) is 12.6 Å². The van der Waals surface area contributed by atoms with Crippen LogP contribution < -0.4 is 5.48 Å². The second-order valence-electron chi connectivity index (χ2n) is 1.65. The molecule has 0 spiro atoms. The molecule has 1 aliphatic heterocycles. The molecule has 1 aliphatic rings. The van der Waals surface area contributed by atoms with Crippen molar-refractivity contribution in [3.8, 4) is 0 Å². The van der Waals surface area contributed by atoms with Gasteiger partial charge < -0.3 is 0 Å². The third-order valence-corrected chi connectivity index (χ3v) is 1.61. The number of rotatable bonds is 1. The van der Waals surface area contributed by atoms with Crippen molar-refractivity contribution in [3.63, 3.8) is 0 Å². The normalized spacial score (nSPS) is 28.1. The summed E-state index contributed by atoms with van der Waals surface area (Å²) in [6.45, 7) is 0. The zero-order valence-corrected chi connectivity index (χ0v) is 5.97. The van der Waals surface area contributed by atoms with Gasteiger partial charge in [-0.1, -0.05) is 12.2 Å². The van der Waals surface area contributed by atoms with E-state index in [0.717, 1.165) is 17.2 Å². The predicted octanol–water partition coefficient (Wildman–Crippen LogP) is 0.537. The van der Waals surface area contributed by atoms with Gasteiger partial charge in [0.2, 0.25) is 0 Å². The number of hydrogen-bond acceptors (Lipinski definition) is 3. The second-order valence-corrected chi connectivity index (χ2v) is 2.51. The lowest BCUT2D eigenvalue weighted by atomic mass is 10.3. The van der Waals surface area contributed by atoms with Crippen LogP contribution in [-0.2, 0) is 4.84 Å². The van der Waals surface area contributed by atoms with E-state index >= 15 is 0 Å². The minimum absolute atomic E-state index is 0.186. The molecule has 0 aromatic rings. The maximum Gasteiger partial charge on any atom is 0.103 e. The highest BCUT2D eigenvalue weighted by Crippen LogP contribution is 2.06. The minimum Gasteiger partial charge on any atom is -0.271 e. The Morgan fingerprint density at radius 2 is 2.75 bits per heavy atom. The first-order valence-corrected chi connectivity index (χ1v) is 3.42. The molecule has 0 bridgehead atoms. The van der Waals surface area contributed by atoms with Crippen molar-refractivity contribution in [2.45, 2.75) is 12.5 Å². The van der Waals surface area contributed by atoms with Crippen molar-refractivity contribution in [1.82, 2.24) is 5.48 Å². The summed E-state index contributed by atoms with van der Waals surface area (Å²) >= 11 is 8.82. The highest BCUT2D eigenvalue weighted by molar-refractivity contribution is 7.80. The number of nitrogens with one attached hydrogen (secondary N) is 1. The van der Waals surface area contributed by atoms with Crippen molar-refractivity contribution < 1.29 is 4.84 Å². The highest BCUT2D eigenvalue weighted by atomic mass is 32.1. The van der Waals surface area contributed by atoms with Crippen molar-refractivity contribution >= 4 is 29.8 Å². The van der Waals surface area contributed by atoms with Gasteiger partial charge >= 0.3 is 0 Å². The average molecular weight is 149 g/mol. The fraction of sp³-hybridized carbons (Fsp3) is 0.750. The zero-order chi connectivity index (χ0) is 5.98. The van der Waals surface area contributed by atoms with Crippen LogP contribution in [0.2, 0.25) is 0 Å². The minimum atomic E-state index is 0.186. The molecule has 8 heavy (non-hydrogen) atoms. The molecule has 1 N–H and O–H groups in total. The monoisotopic (exact) mass is 149 g/mol. The van der Waals surface area contributed by atoms with E-state index in [-0.39, 0.29) is 6.10 Å². The van der Waals surface area contributed by atoms with Gasteiger partial charge in [0.25, 0.3) is 0 Å². The van der Waals surface area contributed by atoms with Gasteiger partial charge in [0, 0.05) is 12.2 Å². The molecule has 1 atom stereocenters. The Morgan fingerprint density at radius 1 is 2.00 bits per heavy atom. The van der Waals surface area contributed by atoms with Crippen LogP contribution in [0.3, 0.4) is 0 Å². The summed E-state index contributed by atoms with van der Waals surface area (Å²) in [5, 5.41) is 0. The molecule has 0 aliphatic carbocycles. The zero-order valence-electron chi connectivity index (χ0n) is 4.26. The lowest BCUT2D eigenvalue weighted by Gasteiger charge is -1.98. The Labute approximate surface area is 59.0 Å². The summed E-state index contributed by atoms with van der Waals surface area (Å²) in [6.07, 6.45) is 1.00. The van der Waals surface area contributed by atoms with Gasteiger partial charge in [-0.25, -0.2) is 0 Å². The van der Waals surface area contributed by atoms with Crippen LogP contribution in [0.1, 0.15) is 6.42 Å². The maximum atomic E-state index is 4.95. The molecular formula is C4H7NOS2. The molecule has 0 radical (unpaired) electrons. The number of thiol groups is 1. The predicted molar refractivity (Wildman–Crippen MR) is 39.1 cm³/mol.